The average Bonchev–Trinajstić information content (AvgIpc) is 2.63. The van der Waals surface area contributed by atoms with Crippen molar-refractivity contribution in [3.63, 3.8) is 0 Å². The van der Waals surface area contributed by atoms with E-state index < -0.39 is 23.9 Å². The van der Waals surface area contributed by atoms with E-state index in [0.717, 1.165) is 37.7 Å². The minimum absolute atomic E-state index is 0.0935. The lowest BCUT2D eigenvalue weighted by Crippen LogP contribution is -2.40. The van der Waals surface area contributed by atoms with E-state index >= 15 is 0 Å². The number of fused-ring (bicyclic) bond motifs is 1. The predicted octanol–water partition coefficient (Wildman–Crippen LogP) is 5.14. The summed E-state index contributed by atoms with van der Waals surface area (Å²) in [5.41, 5.74) is 0.921. The first-order chi connectivity index (χ1) is 9.00. The molecule has 0 bridgehead atoms. The SMILES string of the molecule is CC1CC=C(C2CC3CCCC(F)C3C2(F)F)CC1. The van der Waals surface area contributed by atoms with E-state index in [9.17, 15) is 13.2 Å². The van der Waals surface area contributed by atoms with Crippen LogP contribution >= 0.6 is 0 Å². The predicted molar refractivity (Wildman–Crippen MR) is 69.9 cm³/mol. The minimum Gasteiger partial charge on any atom is -0.247 e. The van der Waals surface area contributed by atoms with Crippen molar-refractivity contribution in [2.45, 2.75) is 64.0 Å². The van der Waals surface area contributed by atoms with Crippen molar-refractivity contribution in [3.8, 4) is 0 Å². The Morgan fingerprint density at radius 2 is 2.00 bits per heavy atom. The van der Waals surface area contributed by atoms with Crippen LogP contribution in [0.3, 0.4) is 0 Å². The molecule has 19 heavy (non-hydrogen) atoms. The molecule has 0 amide bonds. The molecule has 0 spiro atoms. The smallest absolute Gasteiger partial charge is 0.247 e. The Morgan fingerprint density at radius 1 is 1.21 bits per heavy atom. The average molecular weight is 272 g/mol. The first kappa shape index (κ1) is 13.5. The van der Waals surface area contributed by atoms with Crippen LogP contribution in [-0.2, 0) is 0 Å². The van der Waals surface area contributed by atoms with Gasteiger partial charge in [-0.3, -0.25) is 0 Å². The van der Waals surface area contributed by atoms with Crippen molar-refractivity contribution in [1.29, 1.82) is 0 Å². The zero-order valence-corrected chi connectivity index (χ0v) is 11.5. The van der Waals surface area contributed by atoms with Gasteiger partial charge in [-0.15, -0.1) is 0 Å². The molecule has 0 aromatic carbocycles. The topological polar surface area (TPSA) is 0 Å². The number of hydrogen-bond donors (Lipinski definition) is 0. The van der Waals surface area contributed by atoms with Gasteiger partial charge >= 0.3 is 0 Å². The first-order valence-electron chi connectivity index (χ1n) is 7.71. The van der Waals surface area contributed by atoms with E-state index in [1.165, 1.54) is 0 Å². The molecule has 3 aliphatic rings. The fourth-order valence-electron chi connectivity index (χ4n) is 4.44. The number of alkyl halides is 3. The molecule has 2 saturated carbocycles. The number of hydrogen-bond acceptors (Lipinski definition) is 0. The normalized spacial score (nSPS) is 45.7. The molecule has 5 atom stereocenters. The summed E-state index contributed by atoms with van der Waals surface area (Å²) in [5.74, 6) is -3.99. The second kappa shape index (κ2) is 4.82. The van der Waals surface area contributed by atoms with Crippen molar-refractivity contribution in [2.24, 2.45) is 23.7 Å². The Labute approximate surface area is 113 Å². The van der Waals surface area contributed by atoms with Gasteiger partial charge in [-0.2, -0.15) is 0 Å². The van der Waals surface area contributed by atoms with Gasteiger partial charge in [0.05, 0.1) is 5.92 Å². The molecule has 108 valence electrons. The van der Waals surface area contributed by atoms with Crippen LogP contribution in [-0.4, -0.2) is 12.1 Å². The van der Waals surface area contributed by atoms with Crippen molar-refractivity contribution in [3.05, 3.63) is 11.6 Å². The maximum absolute atomic E-state index is 14.6. The fourth-order valence-corrected chi connectivity index (χ4v) is 4.44. The molecule has 2 fully saturated rings. The van der Waals surface area contributed by atoms with Gasteiger partial charge in [-0.05, 0) is 50.4 Å². The van der Waals surface area contributed by atoms with E-state index in [1.807, 2.05) is 6.08 Å². The highest BCUT2D eigenvalue weighted by Gasteiger charge is 2.61. The van der Waals surface area contributed by atoms with E-state index in [2.05, 4.69) is 6.92 Å². The lowest BCUT2D eigenvalue weighted by Gasteiger charge is -2.33. The van der Waals surface area contributed by atoms with Gasteiger partial charge < -0.3 is 0 Å². The van der Waals surface area contributed by atoms with Gasteiger partial charge in [-0.1, -0.05) is 25.0 Å². The number of halogens is 3. The molecule has 0 radical (unpaired) electrons. The highest BCUT2D eigenvalue weighted by molar-refractivity contribution is 5.19. The molecule has 3 heteroatoms. The maximum Gasteiger partial charge on any atom is 0.260 e. The van der Waals surface area contributed by atoms with Crippen molar-refractivity contribution >= 4 is 0 Å². The molecule has 3 aliphatic carbocycles. The maximum atomic E-state index is 14.6. The van der Waals surface area contributed by atoms with Crippen molar-refractivity contribution in [2.75, 3.05) is 0 Å². The summed E-state index contributed by atoms with van der Waals surface area (Å²) in [7, 11) is 0. The molecule has 3 rings (SSSR count). The second-order valence-corrected chi connectivity index (χ2v) is 6.85. The van der Waals surface area contributed by atoms with Crippen LogP contribution in [0.5, 0.6) is 0 Å². The van der Waals surface area contributed by atoms with Crippen LogP contribution in [0.15, 0.2) is 11.6 Å². The van der Waals surface area contributed by atoms with Crippen LogP contribution in [0.1, 0.15) is 51.9 Å². The molecule has 0 N–H and O–H groups in total. The van der Waals surface area contributed by atoms with Crippen molar-refractivity contribution in [1.82, 2.24) is 0 Å². The van der Waals surface area contributed by atoms with Crippen LogP contribution < -0.4 is 0 Å². The summed E-state index contributed by atoms with van der Waals surface area (Å²) in [6.07, 6.45) is 5.86. The van der Waals surface area contributed by atoms with Crippen LogP contribution in [0.2, 0.25) is 0 Å². The van der Waals surface area contributed by atoms with Gasteiger partial charge in [0, 0.05) is 5.92 Å². The summed E-state index contributed by atoms with van der Waals surface area (Å²) in [6, 6.07) is 0. The van der Waals surface area contributed by atoms with Crippen LogP contribution in [0.25, 0.3) is 0 Å². The van der Waals surface area contributed by atoms with Gasteiger partial charge in [0.15, 0.2) is 0 Å². The standard InChI is InChI=1S/C16H23F3/c1-10-5-7-11(8-6-10)13-9-12-3-2-4-14(17)15(12)16(13,18)19/h7,10,12-15H,2-6,8-9H2,1H3. The van der Waals surface area contributed by atoms with Gasteiger partial charge in [0.25, 0.3) is 5.92 Å². The molecule has 0 aromatic heterocycles. The second-order valence-electron chi connectivity index (χ2n) is 6.85. The first-order valence-corrected chi connectivity index (χ1v) is 7.71. The molecule has 0 heterocycles. The molecule has 0 aliphatic heterocycles. The van der Waals surface area contributed by atoms with Gasteiger partial charge in [0.2, 0.25) is 0 Å². The van der Waals surface area contributed by atoms with Gasteiger partial charge in [-0.25, -0.2) is 13.2 Å². The lowest BCUT2D eigenvalue weighted by atomic mass is 9.79. The molecule has 0 saturated heterocycles. The third-order valence-corrected chi connectivity index (χ3v) is 5.56. The monoisotopic (exact) mass is 272 g/mol. The Balaban J connectivity index is 1.83. The van der Waals surface area contributed by atoms with Gasteiger partial charge in [0.1, 0.15) is 6.17 Å². The highest BCUT2D eigenvalue weighted by Crippen LogP contribution is 2.58. The Kier molecular flexibility index (Phi) is 3.43. The third-order valence-electron chi connectivity index (χ3n) is 5.56. The summed E-state index contributed by atoms with van der Waals surface area (Å²) < 4.78 is 43.1. The largest absolute Gasteiger partial charge is 0.260 e. The van der Waals surface area contributed by atoms with E-state index in [0.29, 0.717) is 18.8 Å². The zero-order chi connectivity index (χ0) is 13.6. The Bertz CT molecular complexity index is 374. The number of rotatable bonds is 1. The molecular weight excluding hydrogens is 249 g/mol. The van der Waals surface area contributed by atoms with E-state index in [4.69, 9.17) is 0 Å². The van der Waals surface area contributed by atoms with E-state index in [1.54, 1.807) is 0 Å². The molecule has 0 nitrogen and oxygen atoms in total. The number of allylic oxidation sites excluding steroid dienone is 2. The Morgan fingerprint density at radius 3 is 2.63 bits per heavy atom. The van der Waals surface area contributed by atoms with E-state index in [-0.39, 0.29) is 5.92 Å². The molecular formula is C16H23F3. The van der Waals surface area contributed by atoms with Crippen LogP contribution in [0, 0.1) is 23.7 Å². The summed E-state index contributed by atoms with van der Waals surface area (Å²) in [5, 5.41) is 0. The van der Waals surface area contributed by atoms with Crippen molar-refractivity contribution < 1.29 is 13.2 Å². The lowest BCUT2D eigenvalue weighted by molar-refractivity contribution is -0.105. The molecule has 5 unspecified atom stereocenters. The quantitative estimate of drug-likeness (QED) is 0.580. The minimum atomic E-state index is -2.82. The molecule has 0 aromatic rings. The zero-order valence-electron chi connectivity index (χ0n) is 11.5. The fraction of sp³-hybridized carbons (Fsp3) is 0.875. The summed E-state index contributed by atoms with van der Waals surface area (Å²) >= 11 is 0. The summed E-state index contributed by atoms with van der Waals surface area (Å²) in [4.78, 5) is 0. The highest BCUT2D eigenvalue weighted by atomic mass is 19.3. The Hall–Kier alpha value is -0.470. The van der Waals surface area contributed by atoms with Crippen LogP contribution in [0.4, 0.5) is 13.2 Å². The summed E-state index contributed by atoms with van der Waals surface area (Å²) in [6.45, 7) is 2.16. The third kappa shape index (κ3) is 2.23.